The van der Waals surface area contributed by atoms with E-state index in [-0.39, 0.29) is 17.4 Å². The van der Waals surface area contributed by atoms with E-state index in [1.807, 2.05) is 13.1 Å². The van der Waals surface area contributed by atoms with Gasteiger partial charge in [0.05, 0.1) is 11.0 Å². The molecule has 0 bridgehead atoms. The first-order valence-electron chi connectivity index (χ1n) is 6.26. The topological polar surface area (TPSA) is 94.1 Å². The molecule has 1 unspecified atom stereocenters. The van der Waals surface area contributed by atoms with Crippen molar-refractivity contribution in [2.24, 2.45) is 0 Å². The molecule has 0 spiro atoms. The van der Waals surface area contributed by atoms with Crippen molar-refractivity contribution in [2.75, 3.05) is 11.1 Å². The highest BCUT2D eigenvalue weighted by Crippen LogP contribution is 2.28. The smallest absolute Gasteiger partial charge is 0.292 e. The summed E-state index contributed by atoms with van der Waals surface area (Å²) in [4.78, 5) is 15.8. The Morgan fingerprint density at radius 1 is 1.55 bits per heavy atom. The quantitative estimate of drug-likeness (QED) is 0.500. The van der Waals surface area contributed by atoms with Crippen LogP contribution in [0.3, 0.4) is 0 Å². The van der Waals surface area contributed by atoms with Crippen LogP contribution in [0.1, 0.15) is 29.8 Å². The van der Waals surface area contributed by atoms with E-state index >= 15 is 0 Å². The van der Waals surface area contributed by atoms with Crippen molar-refractivity contribution < 1.29 is 4.92 Å². The maximum absolute atomic E-state index is 10.7. The Bertz CT molecular complexity index is 627. The van der Waals surface area contributed by atoms with Gasteiger partial charge in [-0.05, 0) is 25.5 Å². The molecule has 7 heteroatoms. The summed E-state index contributed by atoms with van der Waals surface area (Å²) in [6.07, 6.45) is 2.84. The summed E-state index contributed by atoms with van der Waals surface area (Å²) < 4.78 is 0. The average Bonchev–Trinajstić information content (AvgIpc) is 2.87. The van der Waals surface area contributed by atoms with Crippen LogP contribution in [0, 0.1) is 10.1 Å². The molecule has 0 saturated carbocycles. The van der Waals surface area contributed by atoms with Crippen molar-refractivity contribution in [3.8, 4) is 0 Å². The molecule has 20 heavy (non-hydrogen) atoms. The van der Waals surface area contributed by atoms with Crippen molar-refractivity contribution >= 4 is 28.4 Å². The second kappa shape index (κ2) is 5.87. The van der Waals surface area contributed by atoms with Gasteiger partial charge < -0.3 is 11.1 Å². The lowest BCUT2D eigenvalue weighted by Gasteiger charge is -2.13. The number of nitro groups is 1. The van der Waals surface area contributed by atoms with Crippen LogP contribution in [0.2, 0.25) is 0 Å². The van der Waals surface area contributed by atoms with Crippen LogP contribution in [0.4, 0.5) is 17.1 Å². The first-order valence-corrected chi connectivity index (χ1v) is 7.08. The third-order valence-electron chi connectivity index (χ3n) is 2.90. The fourth-order valence-corrected chi connectivity index (χ4v) is 2.67. The van der Waals surface area contributed by atoms with Gasteiger partial charge in [0.1, 0.15) is 10.7 Å². The minimum Gasteiger partial charge on any atom is -0.393 e. The Labute approximate surface area is 120 Å². The molecule has 0 aliphatic heterocycles. The number of hydrogen-bond donors (Lipinski definition) is 2. The summed E-state index contributed by atoms with van der Waals surface area (Å²) in [6, 6.07) is 4.66. The molecule has 0 radical (unpaired) electrons. The summed E-state index contributed by atoms with van der Waals surface area (Å²) in [5.41, 5.74) is 6.49. The summed E-state index contributed by atoms with van der Waals surface area (Å²) in [5, 5.41) is 14.9. The van der Waals surface area contributed by atoms with E-state index in [1.165, 1.54) is 10.9 Å². The standard InChI is InChI=1S/C13H16N4O2S/c1-3-10-7-15-13(20-10)8(2)16-9-4-5-12(17(18)19)11(14)6-9/h4-8,16H,3,14H2,1-2H3. The van der Waals surface area contributed by atoms with Crippen LogP contribution in [0.15, 0.2) is 24.4 Å². The van der Waals surface area contributed by atoms with Gasteiger partial charge in [0.25, 0.3) is 5.69 Å². The fraction of sp³-hybridized carbons (Fsp3) is 0.308. The number of nitrogens with two attached hydrogens (primary N) is 1. The number of hydrogen-bond acceptors (Lipinski definition) is 6. The Morgan fingerprint density at radius 3 is 2.85 bits per heavy atom. The molecule has 1 atom stereocenters. The molecule has 6 nitrogen and oxygen atoms in total. The summed E-state index contributed by atoms with van der Waals surface area (Å²) in [5.74, 6) is 0. The van der Waals surface area contributed by atoms with Crippen LogP contribution in [0.5, 0.6) is 0 Å². The lowest BCUT2D eigenvalue weighted by molar-refractivity contribution is -0.383. The Balaban J connectivity index is 2.13. The van der Waals surface area contributed by atoms with E-state index in [4.69, 9.17) is 5.73 Å². The molecule has 1 heterocycles. The molecule has 2 rings (SSSR count). The number of aryl methyl sites for hydroxylation is 1. The molecule has 1 aromatic heterocycles. The third kappa shape index (κ3) is 3.05. The minimum absolute atomic E-state index is 0.0288. The van der Waals surface area contributed by atoms with Gasteiger partial charge in [-0.2, -0.15) is 0 Å². The Morgan fingerprint density at radius 2 is 2.30 bits per heavy atom. The molecule has 3 N–H and O–H groups in total. The van der Waals surface area contributed by atoms with Crippen LogP contribution < -0.4 is 11.1 Å². The lowest BCUT2D eigenvalue weighted by Crippen LogP contribution is -2.06. The first-order chi connectivity index (χ1) is 9.51. The molecule has 0 aliphatic rings. The van der Waals surface area contributed by atoms with E-state index in [0.717, 1.165) is 17.1 Å². The lowest BCUT2D eigenvalue weighted by atomic mass is 10.2. The van der Waals surface area contributed by atoms with Gasteiger partial charge in [0, 0.05) is 22.8 Å². The second-order valence-electron chi connectivity index (χ2n) is 4.42. The average molecular weight is 292 g/mol. The number of nitro benzene ring substituents is 1. The molecule has 0 aliphatic carbocycles. The van der Waals surface area contributed by atoms with Gasteiger partial charge in [0.2, 0.25) is 0 Å². The Kier molecular flexibility index (Phi) is 4.19. The van der Waals surface area contributed by atoms with Gasteiger partial charge >= 0.3 is 0 Å². The molecule has 0 saturated heterocycles. The van der Waals surface area contributed by atoms with E-state index in [0.29, 0.717) is 0 Å². The van der Waals surface area contributed by atoms with Crippen LogP contribution in [-0.2, 0) is 6.42 Å². The van der Waals surface area contributed by atoms with Gasteiger partial charge in [-0.15, -0.1) is 11.3 Å². The van der Waals surface area contributed by atoms with Gasteiger partial charge in [-0.1, -0.05) is 6.92 Å². The predicted octanol–water partition coefficient (Wildman–Crippen LogP) is 3.37. The predicted molar refractivity (Wildman–Crippen MR) is 81.0 cm³/mol. The van der Waals surface area contributed by atoms with Crippen molar-refractivity contribution in [3.05, 3.63) is 44.4 Å². The molecule has 2 aromatic rings. The summed E-state index contributed by atoms with van der Waals surface area (Å²) in [7, 11) is 0. The number of anilines is 2. The zero-order valence-electron chi connectivity index (χ0n) is 11.3. The highest BCUT2D eigenvalue weighted by molar-refractivity contribution is 7.11. The third-order valence-corrected chi connectivity index (χ3v) is 4.22. The number of nitrogen functional groups attached to an aromatic ring is 1. The van der Waals surface area contributed by atoms with Crippen LogP contribution >= 0.6 is 11.3 Å². The highest BCUT2D eigenvalue weighted by Gasteiger charge is 2.14. The zero-order chi connectivity index (χ0) is 14.7. The normalized spacial score (nSPS) is 12.1. The van der Waals surface area contributed by atoms with Gasteiger partial charge in [-0.3, -0.25) is 10.1 Å². The SMILES string of the molecule is CCc1cnc(C(C)Nc2ccc([N+](=O)[O-])c(N)c2)s1. The zero-order valence-corrected chi connectivity index (χ0v) is 12.1. The number of rotatable bonds is 5. The number of benzene rings is 1. The van der Waals surface area contributed by atoms with Crippen LogP contribution in [0.25, 0.3) is 0 Å². The maximum Gasteiger partial charge on any atom is 0.292 e. The van der Waals surface area contributed by atoms with E-state index in [1.54, 1.807) is 23.5 Å². The van der Waals surface area contributed by atoms with Gasteiger partial charge in [-0.25, -0.2) is 4.98 Å². The number of nitrogens with one attached hydrogen (secondary N) is 1. The number of thiazole rings is 1. The molecule has 0 amide bonds. The summed E-state index contributed by atoms with van der Waals surface area (Å²) in [6.45, 7) is 4.09. The molecule has 0 fully saturated rings. The van der Waals surface area contributed by atoms with E-state index < -0.39 is 4.92 Å². The van der Waals surface area contributed by atoms with E-state index in [9.17, 15) is 10.1 Å². The second-order valence-corrected chi connectivity index (χ2v) is 5.56. The number of nitrogens with zero attached hydrogens (tertiary/aromatic N) is 2. The molecular weight excluding hydrogens is 276 g/mol. The van der Waals surface area contributed by atoms with Crippen molar-refractivity contribution in [2.45, 2.75) is 26.3 Å². The molecular formula is C13H16N4O2S. The maximum atomic E-state index is 10.7. The summed E-state index contributed by atoms with van der Waals surface area (Å²) >= 11 is 1.66. The van der Waals surface area contributed by atoms with Crippen LogP contribution in [-0.4, -0.2) is 9.91 Å². The highest BCUT2D eigenvalue weighted by atomic mass is 32.1. The van der Waals surface area contributed by atoms with Crippen molar-refractivity contribution in [1.29, 1.82) is 0 Å². The molecule has 106 valence electrons. The minimum atomic E-state index is -0.489. The Hall–Kier alpha value is -2.15. The monoisotopic (exact) mass is 292 g/mol. The first kappa shape index (κ1) is 14.3. The van der Waals surface area contributed by atoms with Gasteiger partial charge in [0.15, 0.2) is 0 Å². The molecule has 1 aromatic carbocycles. The largest absolute Gasteiger partial charge is 0.393 e. The van der Waals surface area contributed by atoms with Crippen molar-refractivity contribution in [3.63, 3.8) is 0 Å². The van der Waals surface area contributed by atoms with E-state index in [2.05, 4.69) is 17.2 Å². The fourth-order valence-electron chi connectivity index (χ4n) is 1.81. The van der Waals surface area contributed by atoms with Crippen molar-refractivity contribution in [1.82, 2.24) is 4.98 Å². The number of aromatic nitrogens is 1.